The Kier molecular flexibility index (Phi) is 5.35. The fourth-order valence-electron chi connectivity index (χ4n) is 3.33. The number of hydrogen-bond donors (Lipinski definition) is 2. The van der Waals surface area contributed by atoms with E-state index in [1.807, 2.05) is 13.0 Å². The standard InChI is InChI=1S/C23H23N3O4/c1-14-2-5-17(23(30)24-18-8-9-18)12-19(14)25-22(29)16-6-3-15(4-7-16)13-26-20(27)10-11-21(26)28/h2-7,12,18H,8-11,13H2,1H3,(H,24,30)(H,25,29). The van der Waals surface area contributed by atoms with Crippen molar-refractivity contribution in [3.8, 4) is 0 Å². The van der Waals surface area contributed by atoms with Gasteiger partial charge >= 0.3 is 0 Å². The van der Waals surface area contributed by atoms with Crippen LogP contribution in [-0.4, -0.2) is 34.6 Å². The topological polar surface area (TPSA) is 95.6 Å². The molecule has 1 aliphatic heterocycles. The second-order valence-corrected chi connectivity index (χ2v) is 7.80. The molecule has 2 aromatic rings. The van der Waals surface area contributed by atoms with E-state index in [4.69, 9.17) is 0 Å². The fourth-order valence-corrected chi connectivity index (χ4v) is 3.33. The molecule has 0 unspecified atom stereocenters. The highest BCUT2D eigenvalue weighted by Crippen LogP contribution is 2.22. The Morgan fingerprint density at radius 1 is 0.933 bits per heavy atom. The van der Waals surface area contributed by atoms with Crippen LogP contribution in [0.5, 0.6) is 0 Å². The highest BCUT2D eigenvalue weighted by molar-refractivity contribution is 6.05. The van der Waals surface area contributed by atoms with Crippen LogP contribution in [0.15, 0.2) is 42.5 Å². The molecule has 2 aliphatic rings. The average Bonchev–Trinajstić information content (AvgIpc) is 3.50. The number of anilines is 1. The number of imide groups is 1. The van der Waals surface area contributed by atoms with Gasteiger partial charge in [0.25, 0.3) is 11.8 Å². The number of amides is 4. The number of nitrogens with zero attached hydrogens (tertiary/aromatic N) is 1. The van der Waals surface area contributed by atoms with E-state index in [1.165, 1.54) is 4.90 Å². The van der Waals surface area contributed by atoms with Crippen LogP contribution in [0.3, 0.4) is 0 Å². The van der Waals surface area contributed by atoms with Gasteiger partial charge in [0.1, 0.15) is 0 Å². The maximum absolute atomic E-state index is 12.7. The largest absolute Gasteiger partial charge is 0.349 e. The van der Waals surface area contributed by atoms with Crippen molar-refractivity contribution >= 4 is 29.3 Å². The summed E-state index contributed by atoms with van der Waals surface area (Å²) in [7, 11) is 0. The summed E-state index contributed by atoms with van der Waals surface area (Å²) >= 11 is 0. The van der Waals surface area contributed by atoms with Crippen molar-refractivity contribution in [3.05, 3.63) is 64.7 Å². The average molecular weight is 405 g/mol. The molecule has 4 rings (SSSR count). The van der Waals surface area contributed by atoms with Gasteiger partial charge in [-0.15, -0.1) is 0 Å². The number of carbonyl (C=O) groups is 4. The van der Waals surface area contributed by atoms with Crippen molar-refractivity contribution in [2.24, 2.45) is 0 Å². The maximum atomic E-state index is 12.7. The molecular formula is C23H23N3O4. The Morgan fingerprint density at radius 3 is 2.20 bits per heavy atom. The highest BCUT2D eigenvalue weighted by Gasteiger charge is 2.28. The van der Waals surface area contributed by atoms with E-state index in [2.05, 4.69) is 10.6 Å². The molecular weight excluding hydrogens is 382 g/mol. The third-order valence-corrected chi connectivity index (χ3v) is 5.37. The molecule has 0 spiro atoms. The second-order valence-electron chi connectivity index (χ2n) is 7.80. The fraction of sp³-hybridized carbons (Fsp3) is 0.304. The SMILES string of the molecule is Cc1ccc(C(=O)NC2CC2)cc1NC(=O)c1ccc(CN2C(=O)CCC2=O)cc1. The molecule has 1 saturated carbocycles. The van der Waals surface area contributed by atoms with E-state index in [0.29, 0.717) is 16.8 Å². The second kappa shape index (κ2) is 8.10. The minimum Gasteiger partial charge on any atom is -0.349 e. The van der Waals surface area contributed by atoms with E-state index < -0.39 is 0 Å². The Bertz CT molecular complexity index is 1010. The minimum atomic E-state index is -0.294. The highest BCUT2D eigenvalue weighted by atomic mass is 16.2. The van der Waals surface area contributed by atoms with Crippen LogP contribution in [-0.2, 0) is 16.1 Å². The van der Waals surface area contributed by atoms with Crippen molar-refractivity contribution in [2.45, 2.75) is 45.2 Å². The number of hydrogen-bond acceptors (Lipinski definition) is 4. The van der Waals surface area contributed by atoms with Crippen molar-refractivity contribution in [2.75, 3.05) is 5.32 Å². The van der Waals surface area contributed by atoms with E-state index in [9.17, 15) is 19.2 Å². The van der Waals surface area contributed by atoms with Gasteiger partial charge in [0.15, 0.2) is 0 Å². The van der Waals surface area contributed by atoms with E-state index in [0.717, 1.165) is 24.0 Å². The summed E-state index contributed by atoms with van der Waals surface area (Å²) in [5, 5.41) is 5.80. The number of benzene rings is 2. The molecule has 2 aromatic carbocycles. The van der Waals surface area contributed by atoms with Gasteiger partial charge < -0.3 is 10.6 Å². The van der Waals surface area contributed by atoms with E-state index in [1.54, 1.807) is 36.4 Å². The zero-order valence-corrected chi connectivity index (χ0v) is 16.7. The van der Waals surface area contributed by atoms with Gasteiger partial charge in [0.2, 0.25) is 11.8 Å². The molecule has 0 bridgehead atoms. The Hall–Kier alpha value is -3.48. The van der Waals surface area contributed by atoms with Crippen LogP contribution in [0.4, 0.5) is 5.69 Å². The van der Waals surface area contributed by atoms with Crippen LogP contribution in [0.25, 0.3) is 0 Å². The quantitative estimate of drug-likeness (QED) is 0.723. The zero-order chi connectivity index (χ0) is 21.3. The summed E-state index contributed by atoms with van der Waals surface area (Å²) in [4.78, 5) is 49.7. The molecule has 0 atom stereocenters. The van der Waals surface area contributed by atoms with Crippen LogP contribution in [0, 0.1) is 6.92 Å². The molecule has 154 valence electrons. The van der Waals surface area contributed by atoms with Gasteiger partial charge in [0, 0.05) is 35.7 Å². The molecule has 4 amide bonds. The van der Waals surface area contributed by atoms with Crippen molar-refractivity contribution < 1.29 is 19.2 Å². The summed E-state index contributed by atoms with van der Waals surface area (Å²) in [5.74, 6) is -0.758. The maximum Gasteiger partial charge on any atom is 0.255 e. The predicted molar refractivity (Wildman–Crippen MR) is 111 cm³/mol. The molecule has 30 heavy (non-hydrogen) atoms. The summed E-state index contributed by atoms with van der Waals surface area (Å²) < 4.78 is 0. The van der Waals surface area contributed by atoms with Gasteiger partial charge in [-0.3, -0.25) is 24.1 Å². The van der Waals surface area contributed by atoms with Crippen LogP contribution < -0.4 is 10.6 Å². The summed E-state index contributed by atoms with van der Waals surface area (Å²) in [6.45, 7) is 2.09. The van der Waals surface area contributed by atoms with Crippen molar-refractivity contribution in [3.63, 3.8) is 0 Å². The van der Waals surface area contributed by atoms with Gasteiger partial charge in [-0.1, -0.05) is 18.2 Å². The number of likely N-dealkylation sites (tertiary alicyclic amines) is 1. The first-order valence-corrected chi connectivity index (χ1v) is 10.1. The normalized spacial score (nSPS) is 16.0. The molecule has 7 nitrogen and oxygen atoms in total. The molecule has 2 fully saturated rings. The van der Waals surface area contributed by atoms with Crippen LogP contribution in [0.1, 0.15) is 57.5 Å². The zero-order valence-electron chi connectivity index (χ0n) is 16.7. The van der Waals surface area contributed by atoms with Gasteiger partial charge in [-0.05, 0) is 55.2 Å². The van der Waals surface area contributed by atoms with Crippen LogP contribution in [0.2, 0.25) is 0 Å². The lowest BCUT2D eigenvalue weighted by Gasteiger charge is -2.14. The molecule has 2 N–H and O–H groups in total. The lowest BCUT2D eigenvalue weighted by atomic mass is 10.1. The number of aryl methyl sites for hydroxylation is 1. The number of nitrogens with one attached hydrogen (secondary N) is 2. The first kappa shape index (κ1) is 19.8. The minimum absolute atomic E-state index is 0.136. The predicted octanol–water partition coefficient (Wildman–Crippen LogP) is 2.79. The monoisotopic (exact) mass is 405 g/mol. The molecule has 0 radical (unpaired) electrons. The number of rotatable bonds is 6. The van der Waals surface area contributed by atoms with Crippen molar-refractivity contribution in [1.29, 1.82) is 0 Å². The van der Waals surface area contributed by atoms with Gasteiger partial charge in [-0.25, -0.2) is 0 Å². The van der Waals surface area contributed by atoms with Crippen LogP contribution >= 0.6 is 0 Å². The lowest BCUT2D eigenvalue weighted by molar-refractivity contribution is -0.139. The lowest BCUT2D eigenvalue weighted by Crippen LogP contribution is -2.28. The Labute approximate surface area is 174 Å². The molecule has 1 aliphatic carbocycles. The molecule has 7 heteroatoms. The molecule has 0 aromatic heterocycles. The van der Waals surface area contributed by atoms with Gasteiger partial charge in [-0.2, -0.15) is 0 Å². The first-order valence-electron chi connectivity index (χ1n) is 10.1. The summed E-state index contributed by atoms with van der Waals surface area (Å²) in [6, 6.07) is 12.3. The smallest absolute Gasteiger partial charge is 0.255 e. The first-order chi connectivity index (χ1) is 14.4. The third kappa shape index (κ3) is 4.40. The van der Waals surface area contributed by atoms with E-state index >= 15 is 0 Å². The third-order valence-electron chi connectivity index (χ3n) is 5.37. The van der Waals surface area contributed by atoms with E-state index in [-0.39, 0.29) is 49.1 Å². The summed E-state index contributed by atoms with van der Waals surface area (Å²) in [6.07, 6.45) is 2.54. The molecule has 1 saturated heterocycles. The summed E-state index contributed by atoms with van der Waals surface area (Å²) in [5.41, 5.74) is 3.18. The number of carbonyl (C=O) groups excluding carboxylic acids is 4. The Morgan fingerprint density at radius 2 is 1.57 bits per heavy atom. The van der Waals surface area contributed by atoms with Crippen molar-refractivity contribution in [1.82, 2.24) is 10.2 Å². The van der Waals surface area contributed by atoms with Gasteiger partial charge in [0.05, 0.1) is 6.54 Å². The Balaban J connectivity index is 1.42. The molecule has 1 heterocycles.